The van der Waals surface area contributed by atoms with E-state index in [4.69, 9.17) is 10.00 Å². The Balaban J connectivity index is 1.28. The van der Waals surface area contributed by atoms with E-state index in [-0.39, 0.29) is 6.10 Å². The number of rotatable bonds is 5. The van der Waals surface area contributed by atoms with Crippen LogP contribution >= 0.6 is 11.3 Å². The number of benzene rings is 2. The number of hydrogen-bond donors (Lipinski definition) is 0. The fourth-order valence-electron chi connectivity index (χ4n) is 3.53. The van der Waals surface area contributed by atoms with Gasteiger partial charge in [-0.1, -0.05) is 24.3 Å². The van der Waals surface area contributed by atoms with E-state index in [1.54, 1.807) is 11.3 Å². The highest BCUT2D eigenvalue weighted by molar-refractivity contribution is 7.08. The second kappa shape index (κ2) is 8.39. The number of piperidine rings is 1. The molecule has 0 atom stereocenters. The second-order valence-electron chi connectivity index (χ2n) is 6.94. The molecule has 27 heavy (non-hydrogen) atoms. The van der Waals surface area contributed by atoms with E-state index in [1.165, 1.54) is 16.7 Å². The first kappa shape index (κ1) is 17.8. The zero-order valence-electron chi connectivity index (χ0n) is 15.2. The van der Waals surface area contributed by atoms with Gasteiger partial charge < -0.3 is 4.74 Å². The quantitative estimate of drug-likeness (QED) is 0.605. The number of likely N-dealkylation sites (tertiary alicyclic amines) is 1. The van der Waals surface area contributed by atoms with Crippen molar-refractivity contribution in [2.24, 2.45) is 0 Å². The molecule has 4 rings (SSSR count). The first-order valence-corrected chi connectivity index (χ1v) is 10.2. The molecule has 1 fully saturated rings. The molecule has 0 bridgehead atoms. The van der Waals surface area contributed by atoms with Crippen molar-refractivity contribution in [3.8, 4) is 22.9 Å². The molecule has 1 aromatic heterocycles. The predicted octanol–water partition coefficient (Wildman–Crippen LogP) is 5.33. The maximum absolute atomic E-state index is 9.03. The van der Waals surface area contributed by atoms with Gasteiger partial charge >= 0.3 is 0 Å². The van der Waals surface area contributed by atoms with Crippen LogP contribution in [0.1, 0.15) is 24.0 Å². The molecule has 0 aliphatic carbocycles. The number of hydrogen-bond acceptors (Lipinski definition) is 4. The van der Waals surface area contributed by atoms with Gasteiger partial charge in [-0.2, -0.15) is 16.6 Å². The largest absolute Gasteiger partial charge is 0.490 e. The Morgan fingerprint density at radius 2 is 1.85 bits per heavy atom. The van der Waals surface area contributed by atoms with Crippen LogP contribution in [0, 0.1) is 11.3 Å². The number of thiophene rings is 1. The molecule has 0 radical (unpaired) electrons. The van der Waals surface area contributed by atoms with Crippen molar-refractivity contribution in [3.05, 3.63) is 76.5 Å². The molecule has 0 saturated carbocycles. The van der Waals surface area contributed by atoms with Crippen molar-refractivity contribution in [2.45, 2.75) is 25.5 Å². The summed E-state index contributed by atoms with van der Waals surface area (Å²) >= 11 is 1.72. The Kier molecular flexibility index (Phi) is 5.53. The van der Waals surface area contributed by atoms with Crippen LogP contribution in [0.2, 0.25) is 0 Å². The Hall–Kier alpha value is -2.61. The van der Waals surface area contributed by atoms with Crippen molar-refractivity contribution < 1.29 is 4.74 Å². The smallest absolute Gasteiger partial charge is 0.119 e. The summed E-state index contributed by atoms with van der Waals surface area (Å²) in [4.78, 5) is 2.44. The Morgan fingerprint density at radius 3 is 2.56 bits per heavy atom. The molecule has 3 nitrogen and oxygen atoms in total. The topological polar surface area (TPSA) is 36.3 Å². The predicted molar refractivity (Wildman–Crippen MR) is 110 cm³/mol. The Labute approximate surface area is 164 Å². The summed E-state index contributed by atoms with van der Waals surface area (Å²) in [6, 6.07) is 20.7. The summed E-state index contributed by atoms with van der Waals surface area (Å²) in [5.41, 5.74) is 4.44. The number of nitriles is 1. The molecule has 3 aromatic rings. The van der Waals surface area contributed by atoms with Crippen LogP contribution in [-0.2, 0) is 6.54 Å². The monoisotopic (exact) mass is 374 g/mol. The minimum Gasteiger partial charge on any atom is -0.490 e. The highest BCUT2D eigenvalue weighted by Crippen LogP contribution is 2.26. The minimum atomic E-state index is 0.277. The van der Waals surface area contributed by atoms with E-state index in [1.807, 2.05) is 18.2 Å². The van der Waals surface area contributed by atoms with Crippen LogP contribution < -0.4 is 4.74 Å². The third-order valence-corrected chi connectivity index (χ3v) is 5.69. The van der Waals surface area contributed by atoms with Gasteiger partial charge in [0.05, 0.1) is 11.6 Å². The van der Waals surface area contributed by atoms with Crippen molar-refractivity contribution in [2.75, 3.05) is 13.1 Å². The van der Waals surface area contributed by atoms with Crippen LogP contribution in [-0.4, -0.2) is 24.1 Å². The first-order valence-electron chi connectivity index (χ1n) is 9.31. The summed E-state index contributed by atoms with van der Waals surface area (Å²) in [6.07, 6.45) is 2.34. The molecule has 2 heterocycles. The Bertz CT molecular complexity index is 904. The molecule has 0 spiro atoms. The van der Waals surface area contributed by atoms with Crippen LogP contribution in [0.25, 0.3) is 11.1 Å². The van der Waals surface area contributed by atoms with Crippen LogP contribution in [0.4, 0.5) is 0 Å². The van der Waals surface area contributed by atoms with Gasteiger partial charge in [-0.25, -0.2) is 0 Å². The minimum absolute atomic E-state index is 0.277. The lowest BCUT2D eigenvalue weighted by Gasteiger charge is -2.32. The summed E-state index contributed by atoms with van der Waals surface area (Å²) in [7, 11) is 0. The fraction of sp³-hybridized carbons (Fsp3) is 0.261. The molecule has 0 amide bonds. The van der Waals surface area contributed by atoms with Gasteiger partial charge in [0.15, 0.2) is 0 Å². The van der Waals surface area contributed by atoms with E-state index in [9.17, 15) is 0 Å². The molecule has 2 aromatic carbocycles. The molecule has 136 valence electrons. The van der Waals surface area contributed by atoms with Gasteiger partial charge in [-0.15, -0.1) is 0 Å². The van der Waals surface area contributed by atoms with Crippen molar-refractivity contribution in [1.82, 2.24) is 4.90 Å². The average Bonchev–Trinajstić information content (AvgIpc) is 3.25. The summed E-state index contributed by atoms with van der Waals surface area (Å²) in [5.74, 6) is 0.953. The second-order valence-corrected chi connectivity index (χ2v) is 7.72. The summed E-state index contributed by atoms with van der Waals surface area (Å²) in [6.45, 7) is 2.94. The van der Waals surface area contributed by atoms with Gasteiger partial charge in [0.2, 0.25) is 0 Å². The third kappa shape index (κ3) is 4.57. The Morgan fingerprint density at radius 1 is 1.04 bits per heavy atom. The van der Waals surface area contributed by atoms with Crippen LogP contribution in [0.5, 0.6) is 5.75 Å². The third-order valence-electron chi connectivity index (χ3n) is 5.01. The first-order chi connectivity index (χ1) is 13.3. The highest BCUT2D eigenvalue weighted by atomic mass is 32.1. The molecule has 0 unspecified atom stereocenters. The van der Waals surface area contributed by atoms with Crippen LogP contribution in [0.15, 0.2) is 65.4 Å². The highest BCUT2D eigenvalue weighted by Gasteiger charge is 2.20. The van der Waals surface area contributed by atoms with E-state index < -0.39 is 0 Å². The van der Waals surface area contributed by atoms with Gasteiger partial charge in [0.1, 0.15) is 11.9 Å². The molecule has 0 N–H and O–H groups in total. The van der Waals surface area contributed by atoms with Crippen molar-refractivity contribution in [3.63, 3.8) is 0 Å². The maximum atomic E-state index is 9.03. The lowest BCUT2D eigenvalue weighted by atomic mass is 10.1. The molecular formula is C23H22N2OS. The normalized spacial score (nSPS) is 15.4. The molecule has 1 saturated heterocycles. The van der Waals surface area contributed by atoms with Gasteiger partial charge in [0, 0.05) is 19.6 Å². The summed E-state index contributed by atoms with van der Waals surface area (Å²) < 4.78 is 6.20. The van der Waals surface area contributed by atoms with E-state index in [0.29, 0.717) is 0 Å². The number of ether oxygens (including phenoxy) is 1. The molecule has 1 aliphatic heterocycles. The van der Waals surface area contributed by atoms with Crippen molar-refractivity contribution in [1.29, 1.82) is 5.26 Å². The molecule has 1 aliphatic rings. The maximum Gasteiger partial charge on any atom is 0.119 e. The van der Waals surface area contributed by atoms with Gasteiger partial charge in [-0.3, -0.25) is 4.90 Å². The van der Waals surface area contributed by atoms with E-state index in [0.717, 1.165) is 43.8 Å². The van der Waals surface area contributed by atoms with E-state index >= 15 is 0 Å². The summed E-state index contributed by atoms with van der Waals surface area (Å²) in [5, 5.41) is 13.3. The zero-order valence-corrected chi connectivity index (χ0v) is 16.0. The lowest BCUT2D eigenvalue weighted by molar-refractivity contribution is 0.0968. The standard InChI is InChI=1S/C23H22N2OS/c24-15-18-2-1-3-19(14-18)16-25-11-8-23(9-12-25)26-22-6-4-20(5-7-22)21-10-13-27-17-21/h1-7,10,13-14,17,23H,8-9,11-12,16H2. The molecular weight excluding hydrogens is 352 g/mol. The van der Waals surface area contributed by atoms with Gasteiger partial charge in [-0.05, 0) is 70.6 Å². The van der Waals surface area contributed by atoms with Crippen LogP contribution in [0.3, 0.4) is 0 Å². The average molecular weight is 375 g/mol. The molecule has 4 heteroatoms. The fourth-order valence-corrected chi connectivity index (χ4v) is 4.19. The zero-order chi connectivity index (χ0) is 18.5. The number of nitrogens with zero attached hydrogens (tertiary/aromatic N) is 2. The van der Waals surface area contributed by atoms with E-state index in [2.05, 4.69) is 58.1 Å². The SMILES string of the molecule is N#Cc1cccc(CN2CCC(Oc3ccc(-c4ccsc4)cc3)CC2)c1. The lowest BCUT2D eigenvalue weighted by Crippen LogP contribution is -2.37. The van der Waals surface area contributed by atoms with Crippen molar-refractivity contribution >= 4 is 11.3 Å². The van der Waals surface area contributed by atoms with Gasteiger partial charge in [0.25, 0.3) is 0 Å².